The van der Waals surface area contributed by atoms with Crippen LogP contribution in [-0.4, -0.2) is 32.3 Å². The highest BCUT2D eigenvalue weighted by atomic mass is 35.5. The Bertz CT molecular complexity index is 1450. The second kappa shape index (κ2) is 10.5. The summed E-state index contributed by atoms with van der Waals surface area (Å²) in [4.78, 5) is 32.1. The summed E-state index contributed by atoms with van der Waals surface area (Å²) in [5.74, 6) is 0.334. The molecule has 1 N–H and O–H groups in total. The van der Waals surface area contributed by atoms with Crippen LogP contribution in [-0.2, 0) is 13.1 Å². The molecule has 4 aromatic rings. The number of pyridine rings is 2. The van der Waals surface area contributed by atoms with Crippen molar-refractivity contribution in [1.82, 2.24) is 19.3 Å². The van der Waals surface area contributed by atoms with Gasteiger partial charge in [-0.25, -0.2) is 0 Å². The Morgan fingerprint density at radius 1 is 1.19 bits per heavy atom. The quantitative estimate of drug-likeness (QED) is 0.314. The van der Waals surface area contributed by atoms with Crippen LogP contribution in [0.3, 0.4) is 0 Å². The summed E-state index contributed by atoms with van der Waals surface area (Å²) < 4.78 is 9.08. The topological polar surface area (TPSA) is 91.0 Å². The van der Waals surface area contributed by atoms with E-state index < -0.39 is 5.41 Å². The van der Waals surface area contributed by atoms with Crippen LogP contribution in [0.25, 0.3) is 11.3 Å². The van der Waals surface area contributed by atoms with Gasteiger partial charge in [0.05, 0.1) is 40.8 Å². The Hall–Kier alpha value is -3.14. The fraction of sp³-hybridized carbons (Fsp3) is 0.280. The molecular weight excluding hydrogens is 521 g/mol. The second-order valence-electron chi connectivity index (χ2n) is 9.08. The van der Waals surface area contributed by atoms with E-state index in [1.54, 1.807) is 45.3 Å². The number of carbonyl (C=O) groups excluding carboxylic acids is 1. The van der Waals surface area contributed by atoms with E-state index in [1.165, 1.54) is 33.8 Å². The van der Waals surface area contributed by atoms with Crippen molar-refractivity contribution in [3.8, 4) is 17.0 Å². The Labute approximate surface area is 222 Å². The number of ether oxygens (including phenoxy) is 1. The zero-order chi connectivity index (χ0) is 26.0. The normalized spacial score (nSPS) is 11.5. The average Bonchev–Trinajstić information content (AvgIpc) is 3.42. The van der Waals surface area contributed by atoms with Crippen molar-refractivity contribution in [2.45, 2.75) is 33.9 Å². The molecule has 0 saturated heterocycles. The Balaban J connectivity index is 1.84. The minimum absolute atomic E-state index is 0.206. The first-order valence-electron chi connectivity index (χ1n) is 11.1. The maximum absolute atomic E-state index is 13.5. The van der Waals surface area contributed by atoms with E-state index in [9.17, 15) is 9.59 Å². The maximum atomic E-state index is 13.5. The minimum atomic E-state index is -0.746. The third-order valence-electron chi connectivity index (χ3n) is 5.31. The molecule has 0 spiro atoms. The number of nitrogens with zero attached hydrogens (tertiary/aromatic N) is 4. The summed E-state index contributed by atoms with van der Waals surface area (Å²) in [5, 5.41) is 8.14. The number of thiophene rings is 1. The molecule has 0 atom stereocenters. The second-order valence-corrected chi connectivity index (χ2v) is 11.3. The van der Waals surface area contributed by atoms with Crippen LogP contribution < -0.4 is 15.6 Å². The SMILES string of the molecule is COc1c(-c2cc(Cl)cn(Cc3ccccn3)c2=O)nn(C(=O)C(C)(C)C)c1NCc1ccc(Cl)s1. The molecule has 188 valence electrons. The van der Waals surface area contributed by atoms with Gasteiger partial charge in [0.1, 0.15) is 5.69 Å². The van der Waals surface area contributed by atoms with E-state index in [1.807, 2.05) is 18.2 Å². The van der Waals surface area contributed by atoms with Gasteiger partial charge in [0.25, 0.3) is 11.5 Å². The third kappa shape index (κ3) is 5.48. The fourth-order valence-corrected chi connectivity index (χ4v) is 4.82. The lowest BCUT2D eigenvalue weighted by atomic mass is 9.96. The molecule has 0 fully saturated rings. The zero-order valence-electron chi connectivity index (χ0n) is 20.2. The number of hydrogen-bond donors (Lipinski definition) is 1. The van der Waals surface area contributed by atoms with E-state index in [0.29, 0.717) is 27.4 Å². The van der Waals surface area contributed by atoms with Crippen LogP contribution in [0.15, 0.2) is 53.6 Å². The number of rotatable bonds is 7. The first-order valence-corrected chi connectivity index (χ1v) is 12.7. The number of carbonyl (C=O) groups is 1. The highest BCUT2D eigenvalue weighted by Gasteiger charge is 2.31. The highest BCUT2D eigenvalue weighted by molar-refractivity contribution is 7.16. The predicted octanol–water partition coefficient (Wildman–Crippen LogP) is 5.83. The molecule has 4 aromatic heterocycles. The first kappa shape index (κ1) is 25.9. The van der Waals surface area contributed by atoms with Crippen molar-refractivity contribution in [2.75, 3.05) is 12.4 Å². The lowest BCUT2D eigenvalue weighted by molar-refractivity contribution is 0.0752. The molecule has 36 heavy (non-hydrogen) atoms. The number of methoxy groups -OCH3 is 1. The molecule has 0 radical (unpaired) electrons. The van der Waals surface area contributed by atoms with Gasteiger partial charge in [0.15, 0.2) is 11.6 Å². The van der Waals surface area contributed by atoms with Crippen molar-refractivity contribution in [2.24, 2.45) is 5.41 Å². The van der Waals surface area contributed by atoms with Crippen molar-refractivity contribution in [1.29, 1.82) is 0 Å². The van der Waals surface area contributed by atoms with Gasteiger partial charge < -0.3 is 14.6 Å². The molecule has 0 aromatic carbocycles. The van der Waals surface area contributed by atoms with Gasteiger partial charge in [0, 0.05) is 22.7 Å². The number of aromatic nitrogens is 4. The summed E-state index contributed by atoms with van der Waals surface area (Å²) >= 11 is 13.9. The Morgan fingerprint density at radius 2 is 1.97 bits per heavy atom. The zero-order valence-corrected chi connectivity index (χ0v) is 22.5. The summed E-state index contributed by atoms with van der Waals surface area (Å²) in [7, 11) is 1.47. The van der Waals surface area contributed by atoms with E-state index in [2.05, 4.69) is 15.4 Å². The number of hydrogen-bond acceptors (Lipinski definition) is 7. The minimum Gasteiger partial charge on any atom is -0.491 e. The third-order valence-corrected chi connectivity index (χ3v) is 6.74. The standard InChI is InChI=1S/C25H25Cl2N5O3S/c1-25(2,3)24(34)32-22(29-12-17-8-9-19(27)36-17)21(35-4)20(30-32)18-11-15(26)13-31(23(18)33)14-16-7-5-6-10-28-16/h5-11,13,29H,12,14H2,1-4H3. The van der Waals surface area contributed by atoms with Crippen molar-refractivity contribution >= 4 is 46.3 Å². The van der Waals surface area contributed by atoms with E-state index in [4.69, 9.17) is 27.9 Å². The number of anilines is 1. The summed E-state index contributed by atoms with van der Waals surface area (Å²) in [6, 6.07) is 10.7. The van der Waals surface area contributed by atoms with Crippen LogP contribution in [0.2, 0.25) is 9.36 Å². The smallest absolute Gasteiger partial charge is 0.260 e. The molecule has 8 nitrogen and oxygen atoms in total. The molecule has 11 heteroatoms. The van der Waals surface area contributed by atoms with Gasteiger partial charge in [-0.1, -0.05) is 50.0 Å². The van der Waals surface area contributed by atoms with E-state index in [-0.39, 0.29) is 35.0 Å². The van der Waals surface area contributed by atoms with Gasteiger partial charge in [-0.05, 0) is 30.3 Å². The first-order chi connectivity index (χ1) is 17.1. The molecule has 0 aliphatic carbocycles. The molecule has 4 rings (SSSR count). The summed E-state index contributed by atoms with van der Waals surface area (Å²) in [6.45, 7) is 6.00. The molecule has 0 amide bonds. The monoisotopic (exact) mass is 545 g/mol. The molecule has 0 aliphatic heterocycles. The Morgan fingerprint density at radius 3 is 2.58 bits per heavy atom. The number of halogens is 2. The molecular formula is C25H25Cl2N5O3S. The van der Waals surface area contributed by atoms with Crippen molar-refractivity contribution in [3.05, 3.63) is 79.1 Å². The lowest BCUT2D eigenvalue weighted by Gasteiger charge is -2.18. The van der Waals surface area contributed by atoms with Crippen molar-refractivity contribution < 1.29 is 9.53 Å². The summed E-state index contributed by atoms with van der Waals surface area (Å²) in [6.07, 6.45) is 3.21. The lowest BCUT2D eigenvalue weighted by Crippen LogP contribution is -2.29. The molecule has 4 heterocycles. The number of nitrogens with one attached hydrogen (secondary N) is 1. The van der Waals surface area contributed by atoms with Gasteiger partial charge >= 0.3 is 0 Å². The predicted molar refractivity (Wildman–Crippen MR) is 144 cm³/mol. The van der Waals surface area contributed by atoms with Crippen molar-refractivity contribution in [3.63, 3.8) is 0 Å². The van der Waals surface area contributed by atoms with Crippen LogP contribution >= 0.6 is 34.5 Å². The van der Waals surface area contributed by atoms with Crippen LogP contribution in [0, 0.1) is 5.41 Å². The van der Waals surface area contributed by atoms with Gasteiger partial charge in [-0.15, -0.1) is 11.3 Å². The molecule has 0 unspecified atom stereocenters. The largest absolute Gasteiger partial charge is 0.491 e. The van der Waals surface area contributed by atoms with Crippen LogP contribution in [0.5, 0.6) is 5.75 Å². The molecule has 0 bridgehead atoms. The Kier molecular flexibility index (Phi) is 7.54. The maximum Gasteiger partial charge on any atom is 0.260 e. The van der Waals surface area contributed by atoms with Gasteiger partial charge in [-0.3, -0.25) is 14.6 Å². The van der Waals surface area contributed by atoms with E-state index in [0.717, 1.165) is 4.88 Å². The van der Waals surface area contributed by atoms with E-state index >= 15 is 0 Å². The highest BCUT2D eigenvalue weighted by Crippen LogP contribution is 2.37. The molecule has 0 saturated carbocycles. The van der Waals surface area contributed by atoms with Gasteiger partial charge in [-0.2, -0.15) is 9.78 Å². The van der Waals surface area contributed by atoms with Crippen LogP contribution in [0.4, 0.5) is 5.82 Å². The fourth-order valence-electron chi connectivity index (χ4n) is 3.56. The van der Waals surface area contributed by atoms with Crippen LogP contribution in [0.1, 0.15) is 36.1 Å². The molecule has 0 aliphatic rings. The van der Waals surface area contributed by atoms with Gasteiger partial charge in [0.2, 0.25) is 0 Å². The summed E-state index contributed by atoms with van der Waals surface area (Å²) in [5.41, 5.74) is 0.0323. The average molecular weight is 546 g/mol.